The van der Waals surface area contributed by atoms with Crippen molar-refractivity contribution in [2.75, 3.05) is 20.8 Å². The standard InChI is InChI=1S/C23H26F3NO3/c1-4-9-27(22(28)10-15-5-7-18(8-6-15)23(24,25)26)19-11-16-13-20(29-2)21(30-3)14-17(16)12-19/h5-8,13-14,19H,4,9-12H2,1-3H3. The number of alkyl halides is 3. The molecule has 0 atom stereocenters. The van der Waals surface area contributed by atoms with Gasteiger partial charge in [-0.15, -0.1) is 0 Å². The average Bonchev–Trinajstić information content (AvgIpc) is 3.12. The third kappa shape index (κ3) is 4.71. The number of hydrogen-bond acceptors (Lipinski definition) is 3. The molecule has 0 fully saturated rings. The fourth-order valence-corrected chi connectivity index (χ4v) is 3.98. The summed E-state index contributed by atoms with van der Waals surface area (Å²) in [5.74, 6) is 1.25. The lowest BCUT2D eigenvalue weighted by Crippen LogP contribution is -2.42. The van der Waals surface area contributed by atoms with E-state index in [2.05, 4.69) is 0 Å². The number of fused-ring (bicyclic) bond motifs is 1. The summed E-state index contributed by atoms with van der Waals surface area (Å²) in [5.41, 5.74) is 2.12. The van der Waals surface area contributed by atoms with Gasteiger partial charge in [0.05, 0.1) is 26.2 Å². The largest absolute Gasteiger partial charge is 0.493 e. The van der Waals surface area contributed by atoms with Gasteiger partial charge in [0.15, 0.2) is 11.5 Å². The van der Waals surface area contributed by atoms with Crippen LogP contribution in [0.25, 0.3) is 0 Å². The first-order valence-corrected chi connectivity index (χ1v) is 9.96. The molecule has 2 aromatic rings. The normalized spacial score (nSPS) is 13.8. The molecule has 0 saturated carbocycles. The van der Waals surface area contributed by atoms with Crippen LogP contribution < -0.4 is 9.47 Å². The Morgan fingerprint density at radius 1 is 1.03 bits per heavy atom. The van der Waals surface area contributed by atoms with Gasteiger partial charge in [-0.25, -0.2) is 0 Å². The van der Waals surface area contributed by atoms with Gasteiger partial charge in [0, 0.05) is 12.6 Å². The van der Waals surface area contributed by atoms with E-state index in [9.17, 15) is 18.0 Å². The average molecular weight is 421 g/mol. The fourth-order valence-electron chi connectivity index (χ4n) is 3.98. The van der Waals surface area contributed by atoms with Crippen molar-refractivity contribution in [3.63, 3.8) is 0 Å². The summed E-state index contributed by atoms with van der Waals surface area (Å²) < 4.78 is 49.0. The minimum absolute atomic E-state index is 0.0127. The number of methoxy groups -OCH3 is 2. The first-order valence-electron chi connectivity index (χ1n) is 9.96. The first-order chi connectivity index (χ1) is 14.3. The van der Waals surface area contributed by atoms with E-state index in [1.54, 1.807) is 14.2 Å². The van der Waals surface area contributed by atoms with Crippen molar-refractivity contribution < 1.29 is 27.4 Å². The summed E-state index contributed by atoms with van der Waals surface area (Å²) in [4.78, 5) is 14.9. The van der Waals surface area contributed by atoms with Gasteiger partial charge in [0.1, 0.15) is 0 Å². The zero-order valence-corrected chi connectivity index (χ0v) is 17.4. The molecule has 0 bridgehead atoms. The van der Waals surface area contributed by atoms with Crippen molar-refractivity contribution in [3.05, 3.63) is 58.7 Å². The minimum Gasteiger partial charge on any atom is -0.493 e. The lowest BCUT2D eigenvalue weighted by Gasteiger charge is -2.29. The zero-order valence-electron chi connectivity index (χ0n) is 17.4. The second-order valence-corrected chi connectivity index (χ2v) is 7.50. The second kappa shape index (κ2) is 8.98. The van der Waals surface area contributed by atoms with E-state index in [4.69, 9.17) is 9.47 Å². The Hall–Kier alpha value is -2.70. The van der Waals surface area contributed by atoms with E-state index in [1.807, 2.05) is 24.0 Å². The monoisotopic (exact) mass is 421 g/mol. The molecule has 0 radical (unpaired) electrons. The van der Waals surface area contributed by atoms with Gasteiger partial charge in [0.2, 0.25) is 5.91 Å². The van der Waals surface area contributed by atoms with Crippen LogP contribution in [0, 0.1) is 0 Å². The molecule has 162 valence electrons. The number of benzene rings is 2. The molecule has 7 heteroatoms. The molecule has 0 aromatic heterocycles. The molecular formula is C23H26F3NO3. The van der Waals surface area contributed by atoms with Crippen molar-refractivity contribution in [2.45, 2.75) is 44.8 Å². The SMILES string of the molecule is CCCN(C(=O)Cc1ccc(C(F)(F)F)cc1)C1Cc2cc(OC)c(OC)cc2C1. The van der Waals surface area contributed by atoms with Crippen molar-refractivity contribution in [1.29, 1.82) is 0 Å². The molecule has 0 spiro atoms. The Bertz CT molecular complexity index is 861. The molecular weight excluding hydrogens is 395 g/mol. The highest BCUT2D eigenvalue weighted by Gasteiger charge is 2.32. The van der Waals surface area contributed by atoms with Gasteiger partial charge in [0.25, 0.3) is 0 Å². The van der Waals surface area contributed by atoms with E-state index in [0.29, 0.717) is 36.4 Å². The van der Waals surface area contributed by atoms with Crippen LogP contribution in [0.5, 0.6) is 11.5 Å². The molecule has 0 N–H and O–H groups in total. The van der Waals surface area contributed by atoms with Crippen LogP contribution in [0.2, 0.25) is 0 Å². The van der Waals surface area contributed by atoms with Crippen molar-refractivity contribution in [1.82, 2.24) is 4.90 Å². The van der Waals surface area contributed by atoms with Crippen molar-refractivity contribution >= 4 is 5.91 Å². The smallest absolute Gasteiger partial charge is 0.416 e. The Morgan fingerprint density at radius 2 is 1.57 bits per heavy atom. The highest BCUT2D eigenvalue weighted by Crippen LogP contribution is 2.36. The molecule has 4 nitrogen and oxygen atoms in total. The molecule has 1 aliphatic rings. The molecule has 1 amide bonds. The zero-order chi connectivity index (χ0) is 21.9. The maximum atomic E-state index is 13.0. The van der Waals surface area contributed by atoms with Crippen LogP contribution in [0.3, 0.4) is 0 Å². The lowest BCUT2D eigenvalue weighted by atomic mass is 10.1. The van der Waals surface area contributed by atoms with Crippen LogP contribution in [0.4, 0.5) is 13.2 Å². The quantitative estimate of drug-likeness (QED) is 0.652. The summed E-state index contributed by atoms with van der Waals surface area (Å²) in [6.45, 7) is 2.61. The Labute approximate surface area is 174 Å². The van der Waals surface area contributed by atoms with Crippen molar-refractivity contribution in [2.24, 2.45) is 0 Å². The van der Waals surface area contributed by atoms with Crippen LogP contribution >= 0.6 is 0 Å². The van der Waals surface area contributed by atoms with Crippen LogP contribution in [0.15, 0.2) is 36.4 Å². The predicted octanol–water partition coefficient (Wildman–Crippen LogP) is 4.67. The topological polar surface area (TPSA) is 38.8 Å². The maximum Gasteiger partial charge on any atom is 0.416 e. The molecule has 0 unspecified atom stereocenters. The number of halogens is 3. The number of carbonyl (C=O) groups excluding carboxylic acids is 1. The fraction of sp³-hybridized carbons (Fsp3) is 0.435. The van der Waals surface area contributed by atoms with E-state index in [-0.39, 0.29) is 18.4 Å². The number of hydrogen-bond donors (Lipinski definition) is 0. The minimum atomic E-state index is -4.38. The highest BCUT2D eigenvalue weighted by atomic mass is 19.4. The van der Waals surface area contributed by atoms with E-state index in [0.717, 1.165) is 29.7 Å². The molecule has 0 heterocycles. The lowest BCUT2D eigenvalue weighted by molar-refractivity contribution is -0.137. The van der Waals surface area contributed by atoms with Crippen LogP contribution in [0.1, 0.15) is 35.6 Å². The maximum absolute atomic E-state index is 13.0. The van der Waals surface area contributed by atoms with E-state index >= 15 is 0 Å². The van der Waals surface area contributed by atoms with Crippen LogP contribution in [-0.4, -0.2) is 37.6 Å². The van der Waals surface area contributed by atoms with Gasteiger partial charge >= 0.3 is 6.18 Å². The predicted molar refractivity (Wildman–Crippen MR) is 108 cm³/mol. The Morgan fingerprint density at radius 3 is 2.00 bits per heavy atom. The van der Waals surface area contributed by atoms with Gasteiger partial charge in [-0.2, -0.15) is 13.2 Å². The molecule has 3 rings (SSSR count). The molecule has 0 aliphatic heterocycles. The van der Waals surface area contributed by atoms with Gasteiger partial charge in [-0.3, -0.25) is 4.79 Å². The van der Waals surface area contributed by atoms with Gasteiger partial charge < -0.3 is 14.4 Å². The number of carbonyl (C=O) groups is 1. The number of ether oxygens (including phenoxy) is 2. The third-order valence-corrected chi connectivity index (χ3v) is 5.48. The molecule has 2 aromatic carbocycles. The van der Waals surface area contributed by atoms with E-state index < -0.39 is 11.7 Å². The highest BCUT2D eigenvalue weighted by molar-refractivity contribution is 5.79. The summed E-state index contributed by atoms with van der Waals surface area (Å²) in [7, 11) is 3.18. The van der Waals surface area contributed by atoms with Crippen molar-refractivity contribution in [3.8, 4) is 11.5 Å². The van der Waals surface area contributed by atoms with E-state index in [1.165, 1.54) is 12.1 Å². The summed E-state index contributed by atoms with van der Waals surface area (Å²) in [6.07, 6.45) is -2.06. The second-order valence-electron chi connectivity index (χ2n) is 7.50. The molecule has 1 aliphatic carbocycles. The third-order valence-electron chi connectivity index (χ3n) is 5.48. The summed E-state index contributed by atoms with van der Waals surface area (Å²) >= 11 is 0. The summed E-state index contributed by atoms with van der Waals surface area (Å²) in [6, 6.07) is 8.73. The number of rotatable bonds is 7. The van der Waals surface area contributed by atoms with Gasteiger partial charge in [-0.1, -0.05) is 19.1 Å². The first kappa shape index (κ1) is 22.0. The molecule has 0 saturated heterocycles. The number of amides is 1. The Kier molecular flexibility index (Phi) is 6.58. The summed E-state index contributed by atoms with van der Waals surface area (Å²) in [5, 5.41) is 0. The molecule has 30 heavy (non-hydrogen) atoms. The van der Waals surface area contributed by atoms with Gasteiger partial charge in [-0.05, 0) is 60.2 Å². The Balaban J connectivity index is 1.74. The van der Waals surface area contributed by atoms with Crippen LogP contribution in [-0.2, 0) is 30.2 Å². The number of nitrogens with zero attached hydrogens (tertiary/aromatic N) is 1.